The van der Waals surface area contributed by atoms with Gasteiger partial charge in [0.15, 0.2) is 0 Å². The summed E-state index contributed by atoms with van der Waals surface area (Å²) >= 11 is 0. The molecule has 0 saturated carbocycles. The van der Waals surface area contributed by atoms with E-state index in [-0.39, 0.29) is 30.1 Å². The van der Waals surface area contributed by atoms with Gasteiger partial charge in [-0.05, 0) is 36.1 Å². The lowest BCUT2D eigenvalue weighted by molar-refractivity contribution is -0.134. The lowest BCUT2D eigenvalue weighted by Gasteiger charge is -2.28. The minimum absolute atomic E-state index is 0. The summed E-state index contributed by atoms with van der Waals surface area (Å²) in [6, 6.07) is 14.9. The number of nitrogens with two attached hydrogens (primary N) is 1. The van der Waals surface area contributed by atoms with E-state index in [1.165, 1.54) is 13.2 Å². The molecule has 0 aromatic heterocycles. The maximum Gasteiger partial charge on any atom is 0.330 e. The second-order valence-corrected chi connectivity index (χ2v) is 6.69. The molecule has 6 nitrogen and oxygen atoms in total. The highest BCUT2D eigenvalue weighted by molar-refractivity contribution is 5.96. The molecule has 1 saturated heterocycles. The largest absolute Gasteiger partial charge is 0.466 e. The number of ether oxygens (including phenoxy) is 1. The number of likely N-dealkylation sites (tertiary alicyclic amines) is 1. The molecule has 0 unspecified atom stereocenters. The number of carbonyl (C=O) groups is 2. The summed E-state index contributed by atoms with van der Waals surface area (Å²) < 4.78 is 4.65. The van der Waals surface area contributed by atoms with Crippen LogP contribution >= 0.6 is 12.4 Å². The van der Waals surface area contributed by atoms with Crippen LogP contribution in [0.3, 0.4) is 0 Å². The van der Waals surface area contributed by atoms with Crippen molar-refractivity contribution in [3.05, 3.63) is 71.3 Å². The Morgan fingerprint density at radius 2 is 1.45 bits per heavy atom. The maximum atomic E-state index is 12.7. The Kier molecular flexibility index (Phi) is 7.56. The second-order valence-electron chi connectivity index (χ2n) is 6.69. The van der Waals surface area contributed by atoms with E-state index in [4.69, 9.17) is 11.1 Å². The number of esters is 1. The molecule has 29 heavy (non-hydrogen) atoms. The fourth-order valence-electron chi connectivity index (χ4n) is 3.20. The highest BCUT2D eigenvalue weighted by atomic mass is 35.5. The van der Waals surface area contributed by atoms with Crippen LogP contribution in [0, 0.1) is 5.41 Å². The van der Waals surface area contributed by atoms with Gasteiger partial charge in [-0.25, -0.2) is 4.79 Å². The van der Waals surface area contributed by atoms with Crippen LogP contribution in [0.1, 0.15) is 28.8 Å². The van der Waals surface area contributed by atoms with Crippen molar-refractivity contribution < 1.29 is 14.3 Å². The molecule has 0 atom stereocenters. The Labute approximate surface area is 176 Å². The number of amidine groups is 1. The molecule has 1 aliphatic rings. The summed E-state index contributed by atoms with van der Waals surface area (Å²) in [4.78, 5) is 25.9. The SMILES string of the molecule is COC(=O)C=C1CCN(C(=O)c2ccc(-c3ccc(C(=N)N)cc3)cc2)CC1.Cl. The van der Waals surface area contributed by atoms with E-state index in [2.05, 4.69) is 4.74 Å². The van der Waals surface area contributed by atoms with Gasteiger partial charge in [-0.2, -0.15) is 0 Å². The fraction of sp³-hybridized carbons (Fsp3) is 0.227. The zero-order valence-corrected chi connectivity index (χ0v) is 17.0. The average Bonchev–Trinajstić information content (AvgIpc) is 2.74. The van der Waals surface area contributed by atoms with Crippen molar-refractivity contribution in [1.29, 1.82) is 5.41 Å². The molecule has 1 aliphatic heterocycles. The fourth-order valence-corrected chi connectivity index (χ4v) is 3.20. The minimum atomic E-state index is -0.346. The molecule has 3 rings (SSSR count). The van der Waals surface area contributed by atoms with Crippen LogP contribution in [-0.4, -0.2) is 42.8 Å². The Balaban J connectivity index is 0.00000300. The predicted octanol–water partition coefficient (Wildman–Crippen LogP) is 3.39. The molecular formula is C22H24ClN3O3. The van der Waals surface area contributed by atoms with Crippen LogP contribution in [0.2, 0.25) is 0 Å². The smallest absolute Gasteiger partial charge is 0.330 e. The molecule has 0 spiro atoms. The highest BCUT2D eigenvalue weighted by Crippen LogP contribution is 2.22. The zero-order chi connectivity index (χ0) is 20.1. The number of halogens is 1. The Hall–Kier alpha value is -3.12. The van der Waals surface area contributed by atoms with Crippen LogP contribution < -0.4 is 5.73 Å². The predicted molar refractivity (Wildman–Crippen MR) is 115 cm³/mol. The van der Waals surface area contributed by atoms with Crippen molar-refractivity contribution >= 4 is 30.1 Å². The molecule has 1 heterocycles. The molecule has 0 bridgehead atoms. The molecule has 2 aromatic rings. The number of carbonyl (C=O) groups excluding carboxylic acids is 2. The number of nitrogen functional groups attached to an aromatic ring is 1. The van der Waals surface area contributed by atoms with Gasteiger partial charge >= 0.3 is 5.97 Å². The first-order chi connectivity index (χ1) is 13.5. The second kappa shape index (κ2) is 9.89. The molecule has 1 fully saturated rings. The number of hydrogen-bond donors (Lipinski definition) is 2. The zero-order valence-electron chi connectivity index (χ0n) is 16.2. The summed E-state index contributed by atoms with van der Waals surface area (Å²) in [5, 5.41) is 7.45. The Bertz CT molecular complexity index is 911. The van der Waals surface area contributed by atoms with E-state index in [1.54, 1.807) is 0 Å². The van der Waals surface area contributed by atoms with Crippen molar-refractivity contribution in [3.8, 4) is 11.1 Å². The number of amides is 1. The van der Waals surface area contributed by atoms with Gasteiger partial charge in [-0.1, -0.05) is 42.0 Å². The van der Waals surface area contributed by atoms with Crippen LogP contribution in [0.4, 0.5) is 0 Å². The molecule has 2 aromatic carbocycles. The number of hydrogen-bond acceptors (Lipinski definition) is 4. The number of methoxy groups -OCH3 is 1. The van der Waals surface area contributed by atoms with Gasteiger partial charge in [0.05, 0.1) is 7.11 Å². The van der Waals surface area contributed by atoms with Crippen LogP contribution in [0.25, 0.3) is 11.1 Å². The van der Waals surface area contributed by atoms with Gasteiger partial charge in [-0.15, -0.1) is 12.4 Å². The molecule has 7 heteroatoms. The van der Waals surface area contributed by atoms with Gasteiger partial charge in [0, 0.05) is 30.3 Å². The third-order valence-corrected chi connectivity index (χ3v) is 4.88. The van der Waals surface area contributed by atoms with Crippen molar-refractivity contribution in [3.63, 3.8) is 0 Å². The molecule has 1 amide bonds. The van der Waals surface area contributed by atoms with Gasteiger partial charge in [-0.3, -0.25) is 10.2 Å². The van der Waals surface area contributed by atoms with Gasteiger partial charge in [0.1, 0.15) is 5.84 Å². The van der Waals surface area contributed by atoms with Crippen LogP contribution in [0.5, 0.6) is 0 Å². The van der Waals surface area contributed by atoms with E-state index >= 15 is 0 Å². The van der Waals surface area contributed by atoms with Crippen molar-refractivity contribution in [2.24, 2.45) is 5.73 Å². The van der Waals surface area contributed by atoms with E-state index in [0.717, 1.165) is 16.7 Å². The first-order valence-electron chi connectivity index (χ1n) is 9.09. The first-order valence-corrected chi connectivity index (χ1v) is 9.09. The van der Waals surface area contributed by atoms with Gasteiger partial charge in [0.2, 0.25) is 0 Å². The maximum absolute atomic E-state index is 12.7. The summed E-state index contributed by atoms with van der Waals surface area (Å²) in [6.45, 7) is 1.19. The number of piperidine rings is 1. The summed E-state index contributed by atoms with van der Waals surface area (Å²) in [7, 11) is 1.36. The number of nitrogens with zero attached hydrogens (tertiary/aromatic N) is 1. The lowest BCUT2D eigenvalue weighted by atomic mass is 10.0. The molecule has 152 valence electrons. The van der Waals surface area contributed by atoms with E-state index in [1.807, 2.05) is 53.4 Å². The first kappa shape index (κ1) is 22.2. The van der Waals surface area contributed by atoms with E-state index < -0.39 is 0 Å². The summed E-state index contributed by atoms with van der Waals surface area (Å²) in [6.07, 6.45) is 2.89. The Morgan fingerprint density at radius 1 is 0.966 bits per heavy atom. The van der Waals surface area contributed by atoms with Crippen molar-refractivity contribution in [2.75, 3.05) is 20.2 Å². The molecular weight excluding hydrogens is 390 g/mol. The molecule has 0 radical (unpaired) electrons. The van der Waals surface area contributed by atoms with Crippen LogP contribution in [0.15, 0.2) is 60.2 Å². The molecule has 0 aliphatic carbocycles. The monoisotopic (exact) mass is 413 g/mol. The Morgan fingerprint density at radius 3 is 1.90 bits per heavy atom. The van der Waals surface area contributed by atoms with Gasteiger partial charge < -0.3 is 15.4 Å². The minimum Gasteiger partial charge on any atom is -0.466 e. The summed E-state index contributed by atoms with van der Waals surface area (Å²) in [5.41, 5.74) is 9.81. The summed E-state index contributed by atoms with van der Waals surface area (Å²) in [5.74, 6) is -0.309. The van der Waals surface area contributed by atoms with Gasteiger partial charge in [0.25, 0.3) is 5.91 Å². The van der Waals surface area contributed by atoms with E-state index in [9.17, 15) is 9.59 Å². The number of rotatable bonds is 4. The number of benzene rings is 2. The molecule has 3 N–H and O–H groups in total. The van der Waals surface area contributed by atoms with Crippen molar-refractivity contribution in [1.82, 2.24) is 4.90 Å². The normalized spacial score (nSPS) is 13.3. The van der Waals surface area contributed by atoms with Crippen LogP contribution in [-0.2, 0) is 9.53 Å². The average molecular weight is 414 g/mol. The quantitative estimate of drug-likeness (QED) is 0.347. The lowest BCUT2D eigenvalue weighted by Crippen LogP contribution is -2.36. The standard InChI is InChI=1S/C22H23N3O3.ClH/c1-28-20(26)14-15-10-12-25(13-11-15)22(27)19-8-4-17(5-9-19)16-2-6-18(7-3-16)21(23)24;/h2-9,14H,10-13H2,1H3,(H3,23,24);1H. The van der Waals surface area contributed by atoms with E-state index in [0.29, 0.717) is 37.1 Å². The highest BCUT2D eigenvalue weighted by Gasteiger charge is 2.20. The topological polar surface area (TPSA) is 96.5 Å². The number of nitrogens with one attached hydrogen (secondary N) is 1. The third-order valence-electron chi connectivity index (χ3n) is 4.88. The third kappa shape index (κ3) is 5.45. The van der Waals surface area contributed by atoms with Crippen molar-refractivity contribution in [2.45, 2.75) is 12.8 Å².